The van der Waals surface area contributed by atoms with E-state index in [1.54, 1.807) is 4.90 Å². The highest BCUT2D eigenvalue weighted by molar-refractivity contribution is 5.75. The van der Waals surface area contributed by atoms with E-state index in [0.29, 0.717) is 37.6 Å². The fourth-order valence-electron chi connectivity index (χ4n) is 2.99. The summed E-state index contributed by atoms with van der Waals surface area (Å²) >= 11 is 0. The first-order valence-corrected chi connectivity index (χ1v) is 7.52. The van der Waals surface area contributed by atoms with Gasteiger partial charge in [-0.05, 0) is 37.5 Å². The van der Waals surface area contributed by atoms with E-state index in [1.165, 1.54) is 25.7 Å². The zero-order chi connectivity index (χ0) is 14.1. The van der Waals surface area contributed by atoms with Gasteiger partial charge in [-0.3, -0.25) is 4.79 Å². The van der Waals surface area contributed by atoms with Crippen LogP contribution in [-0.4, -0.2) is 53.8 Å². The van der Waals surface area contributed by atoms with Crippen LogP contribution in [0.4, 0.5) is 4.79 Å². The van der Waals surface area contributed by atoms with E-state index < -0.39 is 5.97 Å². The maximum atomic E-state index is 12.3. The Hall–Kier alpha value is -1.30. The smallest absolute Gasteiger partial charge is 0.317 e. The molecule has 1 unspecified atom stereocenters. The van der Waals surface area contributed by atoms with Gasteiger partial charge in [0.25, 0.3) is 0 Å². The summed E-state index contributed by atoms with van der Waals surface area (Å²) in [7, 11) is 0. The van der Waals surface area contributed by atoms with Crippen LogP contribution in [0.2, 0.25) is 0 Å². The molecule has 2 saturated carbocycles. The summed E-state index contributed by atoms with van der Waals surface area (Å²) in [4.78, 5) is 24.7. The van der Waals surface area contributed by atoms with Gasteiger partial charge in [-0.15, -0.1) is 0 Å². The van der Waals surface area contributed by atoms with Crippen LogP contribution in [0, 0.1) is 11.8 Å². The maximum Gasteiger partial charge on any atom is 0.317 e. The number of amides is 2. The fourth-order valence-corrected chi connectivity index (χ4v) is 2.99. The van der Waals surface area contributed by atoms with Crippen molar-refractivity contribution in [3.05, 3.63) is 0 Å². The molecule has 3 fully saturated rings. The summed E-state index contributed by atoms with van der Waals surface area (Å²) in [6, 6.07) is 0.288. The van der Waals surface area contributed by atoms with Gasteiger partial charge >= 0.3 is 12.0 Å². The van der Waals surface area contributed by atoms with Crippen LogP contribution in [0.15, 0.2) is 0 Å². The van der Waals surface area contributed by atoms with Crippen LogP contribution in [-0.2, 0) is 9.53 Å². The number of nitrogens with one attached hydrogen (secondary N) is 1. The van der Waals surface area contributed by atoms with Gasteiger partial charge in [0.2, 0.25) is 0 Å². The van der Waals surface area contributed by atoms with Crippen molar-refractivity contribution in [1.82, 2.24) is 10.2 Å². The molecule has 20 heavy (non-hydrogen) atoms. The number of hydrogen-bond acceptors (Lipinski definition) is 3. The Labute approximate surface area is 118 Å². The Morgan fingerprint density at radius 1 is 1.25 bits per heavy atom. The highest BCUT2D eigenvalue weighted by Gasteiger charge is 2.43. The first kappa shape index (κ1) is 13.7. The first-order valence-electron chi connectivity index (χ1n) is 7.52. The lowest BCUT2D eigenvalue weighted by molar-refractivity contribution is -0.141. The van der Waals surface area contributed by atoms with E-state index in [-0.39, 0.29) is 18.6 Å². The Morgan fingerprint density at radius 3 is 2.45 bits per heavy atom. The summed E-state index contributed by atoms with van der Waals surface area (Å²) in [5.41, 5.74) is 0. The molecular weight excluding hydrogens is 260 g/mol. The highest BCUT2D eigenvalue weighted by Crippen LogP contribution is 2.44. The fraction of sp³-hybridized carbons (Fsp3) is 0.857. The van der Waals surface area contributed by atoms with Crippen LogP contribution >= 0.6 is 0 Å². The molecule has 6 heteroatoms. The Kier molecular flexibility index (Phi) is 3.83. The van der Waals surface area contributed by atoms with Gasteiger partial charge in [0.1, 0.15) is 0 Å². The normalized spacial score (nSPS) is 26.6. The van der Waals surface area contributed by atoms with Gasteiger partial charge in [0.05, 0.1) is 19.1 Å². The largest absolute Gasteiger partial charge is 0.481 e. The van der Waals surface area contributed by atoms with E-state index in [9.17, 15) is 9.59 Å². The Bertz CT molecular complexity index is 381. The number of carboxylic acids is 1. The summed E-state index contributed by atoms with van der Waals surface area (Å²) in [5.74, 6) is 0.454. The number of carbonyl (C=O) groups is 2. The highest BCUT2D eigenvalue weighted by atomic mass is 16.5. The number of aliphatic carboxylic acids is 1. The molecule has 0 aromatic heterocycles. The van der Waals surface area contributed by atoms with Crippen molar-refractivity contribution >= 4 is 12.0 Å². The molecule has 0 aromatic carbocycles. The molecule has 1 aliphatic heterocycles. The van der Waals surface area contributed by atoms with E-state index in [4.69, 9.17) is 9.84 Å². The van der Waals surface area contributed by atoms with Gasteiger partial charge in [0.15, 0.2) is 0 Å². The predicted octanol–water partition coefficient (Wildman–Crippen LogP) is 1.06. The third-order valence-corrected chi connectivity index (χ3v) is 4.38. The number of urea groups is 1. The molecule has 6 nitrogen and oxygen atoms in total. The second kappa shape index (κ2) is 5.60. The van der Waals surface area contributed by atoms with Crippen molar-refractivity contribution in [2.24, 2.45) is 11.8 Å². The van der Waals surface area contributed by atoms with Crippen LogP contribution < -0.4 is 5.32 Å². The molecule has 2 amide bonds. The number of morpholine rings is 1. The topological polar surface area (TPSA) is 78.9 Å². The average molecular weight is 282 g/mol. The second-order valence-corrected chi connectivity index (χ2v) is 6.19. The Morgan fingerprint density at radius 2 is 1.90 bits per heavy atom. The van der Waals surface area contributed by atoms with Crippen molar-refractivity contribution in [3.8, 4) is 0 Å². The predicted molar refractivity (Wildman–Crippen MR) is 71.3 cm³/mol. The summed E-state index contributed by atoms with van der Waals surface area (Å²) in [6.07, 6.45) is 4.49. The van der Waals surface area contributed by atoms with Gasteiger partial charge in [-0.25, -0.2) is 4.79 Å². The zero-order valence-electron chi connectivity index (χ0n) is 11.6. The molecule has 1 atom stereocenters. The average Bonchev–Trinajstić information content (AvgIpc) is 3.28. The van der Waals surface area contributed by atoms with E-state index in [2.05, 4.69) is 5.32 Å². The molecule has 2 N–H and O–H groups in total. The van der Waals surface area contributed by atoms with Gasteiger partial charge in [-0.2, -0.15) is 0 Å². The summed E-state index contributed by atoms with van der Waals surface area (Å²) in [5, 5.41) is 12.0. The van der Waals surface area contributed by atoms with E-state index >= 15 is 0 Å². The molecule has 0 aromatic rings. The van der Waals surface area contributed by atoms with Crippen molar-refractivity contribution < 1.29 is 19.4 Å². The van der Waals surface area contributed by atoms with Crippen LogP contribution in [0.5, 0.6) is 0 Å². The Balaban J connectivity index is 1.51. The van der Waals surface area contributed by atoms with E-state index in [0.717, 1.165) is 0 Å². The first-order chi connectivity index (χ1) is 9.63. The van der Waals surface area contributed by atoms with E-state index in [1.807, 2.05) is 0 Å². The molecule has 112 valence electrons. The summed E-state index contributed by atoms with van der Waals surface area (Å²) < 4.78 is 5.39. The minimum atomic E-state index is -0.883. The van der Waals surface area contributed by atoms with Gasteiger partial charge in [-0.1, -0.05) is 0 Å². The van der Waals surface area contributed by atoms with Crippen LogP contribution in [0.1, 0.15) is 32.1 Å². The molecule has 2 aliphatic carbocycles. The van der Waals surface area contributed by atoms with Crippen LogP contribution in [0.3, 0.4) is 0 Å². The molecule has 0 bridgehead atoms. The van der Waals surface area contributed by atoms with Gasteiger partial charge in [0, 0.05) is 19.1 Å². The second-order valence-electron chi connectivity index (χ2n) is 6.19. The van der Waals surface area contributed by atoms with Gasteiger partial charge < -0.3 is 20.1 Å². The molecule has 1 heterocycles. The van der Waals surface area contributed by atoms with Crippen molar-refractivity contribution in [1.29, 1.82) is 0 Å². The molecular formula is C14H22N2O4. The number of hydrogen-bond donors (Lipinski definition) is 2. The SMILES string of the molecule is O=C(O)CC1CN(C(=O)NC(C2CC2)C2CC2)CCO1. The number of rotatable bonds is 5. The third kappa shape index (κ3) is 3.42. The van der Waals surface area contributed by atoms with Crippen molar-refractivity contribution in [2.75, 3.05) is 19.7 Å². The zero-order valence-corrected chi connectivity index (χ0v) is 11.6. The monoisotopic (exact) mass is 282 g/mol. The molecule has 1 saturated heterocycles. The third-order valence-electron chi connectivity index (χ3n) is 4.38. The minimum absolute atomic E-state index is 0.0432. The number of carboxylic acid groups (broad SMARTS) is 1. The number of ether oxygens (including phenoxy) is 1. The maximum absolute atomic E-state index is 12.3. The quantitative estimate of drug-likeness (QED) is 0.790. The minimum Gasteiger partial charge on any atom is -0.481 e. The number of carbonyl (C=O) groups excluding carboxylic acids is 1. The molecule has 3 rings (SSSR count). The lowest BCUT2D eigenvalue weighted by Gasteiger charge is -2.33. The standard InChI is InChI=1S/C14H22N2O4/c17-12(18)7-11-8-16(5-6-20-11)14(19)15-13(9-1-2-9)10-3-4-10/h9-11,13H,1-8H2,(H,15,19)(H,17,18). The molecule has 0 radical (unpaired) electrons. The van der Waals surface area contributed by atoms with Crippen LogP contribution in [0.25, 0.3) is 0 Å². The lowest BCUT2D eigenvalue weighted by Crippen LogP contribution is -2.53. The summed E-state index contributed by atoms with van der Waals surface area (Å²) in [6.45, 7) is 1.34. The lowest BCUT2D eigenvalue weighted by atomic mass is 10.1. The number of nitrogens with zero attached hydrogens (tertiary/aromatic N) is 1. The molecule has 0 spiro atoms. The van der Waals surface area contributed by atoms with Crippen molar-refractivity contribution in [3.63, 3.8) is 0 Å². The molecule has 3 aliphatic rings. The van der Waals surface area contributed by atoms with Crippen molar-refractivity contribution in [2.45, 2.75) is 44.2 Å².